The quantitative estimate of drug-likeness (QED) is 0.267. The summed E-state index contributed by atoms with van der Waals surface area (Å²) in [5.74, 6) is 1.54. The Balaban J connectivity index is 1.18. The molecule has 2 aromatic carbocycles. The first-order valence-electron chi connectivity index (χ1n) is 13.6. The van der Waals surface area contributed by atoms with Gasteiger partial charge >= 0.3 is 11.9 Å². The maximum atomic E-state index is 13.0. The van der Waals surface area contributed by atoms with Gasteiger partial charge in [0.25, 0.3) is 0 Å². The second-order valence-electron chi connectivity index (χ2n) is 12.1. The van der Waals surface area contributed by atoms with Gasteiger partial charge in [0.15, 0.2) is 6.61 Å². The minimum Gasteiger partial charge on any atom is -0.489 e. The van der Waals surface area contributed by atoms with Crippen molar-refractivity contribution >= 4 is 11.9 Å². The van der Waals surface area contributed by atoms with Crippen LogP contribution in [-0.2, 0) is 25.7 Å². The molecule has 4 saturated carbocycles. The summed E-state index contributed by atoms with van der Waals surface area (Å²) in [7, 11) is 0. The lowest BCUT2D eigenvalue weighted by atomic mass is 9.44. The lowest BCUT2D eigenvalue weighted by molar-refractivity contribution is -0.241. The number of esters is 2. The molecule has 2 unspecified atom stereocenters. The molecule has 202 valence electrons. The first-order valence-corrected chi connectivity index (χ1v) is 13.6. The number of carbonyl (C=O) groups is 2. The van der Waals surface area contributed by atoms with Crippen LogP contribution in [0.2, 0.25) is 0 Å². The van der Waals surface area contributed by atoms with E-state index in [2.05, 4.69) is 6.58 Å². The molecule has 6 rings (SSSR count). The molecule has 38 heavy (non-hydrogen) atoms. The fraction of sp³-hybridized carbons (Fsp3) is 0.500. The summed E-state index contributed by atoms with van der Waals surface area (Å²) in [4.78, 5) is 25.4. The van der Waals surface area contributed by atoms with Crippen LogP contribution in [-0.4, -0.2) is 29.7 Å². The van der Waals surface area contributed by atoms with Crippen molar-refractivity contribution in [2.24, 2.45) is 17.3 Å². The van der Waals surface area contributed by atoms with E-state index in [0.29, 0.717) is 36.2 Å². The highest BCUT2D eigenvalue weighted by atomic mass is 16.6. The first kappa shape index (κ1) is 26.3. The van der Waals surface area contributed by atoms with Gasteiger partial charge in [-0.25, -0.2) is 9.59 Å². The molecule has 2 atom stereocenters. The molecule has 4 bridgehead atoms. The first-order chi connectivity index (χ1) is 18.1. The van der Waals surface area contributed by atoms with Crippen LogP contribution in [0.1, 0.15) is 64.9 Å². The predicted molar refractivity (Wildman–Crippen MR) is 144 cm³/mol. The predicted octanol–water partition coefficient (Wildman–Crippen LogP) is 6.42. The largest absolute Gasteiger partial charge is 0.489 e. The van der Waals surface area contributed by atoms with Crippen molar-refractivity contribution in [1.82, 2.24) is 0 Å². The summed E-state index contributed by atoms with van der Waals surface area (Å²) < 4.78 is 23.8. The van der Waals surface area contributed by atoms with E-state index < -0.39 is 11.2 Å². The minimum atomic E-state index is -0.667. The van der Waals surface area contributed by atoms with Crippen LogP contribution in [0.25, 0.3) is 0 Å². The minimum absolute atomic E-state index is 0.150. The Kier molecular flexibility index (Phi) is 7.01. The third-order valence-corrected chi connectivity index (χ3v) is 8.74. The Morgan fingerprint density at radius 1 is 0.921 bits per heavy atom. The average molecular weight is 519 g/mol. The Labute approximate surface area is 225 Å². The van der Waals surface area contributed by atoms with Crippen molar-refractivity contribution in [2.45, 2.75) is 77.1 Å². The summed E-state index contributed by atoms with van der Waals surface area (Å²) in [5, 5.41) is 0. The van der Waals surface area contributed by atoms with Crippen molar-refractivity contribution in [3.8, 4) is 11.5 Å². The third-order valence-electron chi connectivity index (χ3n) is 8.74. The van der Waals surface area contributed by atoms with Gasteiger partial charge in [0.05, 0.1) is 0 Å². The molecule has 6 heteroatoms. The van der Waals surface area contributed by atoms with E-state index in [1.807, 2.05) is 56.3 Å². The third kappa shape index (κ3) is 5.45. The molecule has 0 amide bonds. The van der Waals surface area contributed by atoms with E-state index in [9.17, 15) is 9.59 Å². The van der Waals surface area contributed by atoms with Crippen LogP contribution < -0.4 is 9.47 Å². The standard InChI is InChI=1S/C32H38O6/c1-22(2)29(34)38-30(3,4)31-15-24-14-25(16-31)18-32(17-24,21-31)37-28(33)20-36-27-12-10-26(11-13-27)35-19-23-8-6-5-7-9-23/h5-13,24-25H,1,14-21H2,2-4H3. The Morgan fingerprint density at radius 2 is 1.53 bits per heavy atom. The molecular weight excluding hydrogens is 480 g/mol. The maximum Gasteiger partial charge on any atom is 0.344 e. The highest BCUT2D eigenvalue weighted by Gasteiger charge is 2.65. The second-order valence-corrected chi connectivity index (χ2v) is 12.1. The van der Waals surface area contributed by atoms with Gasteiger partial charge in [-0.15, -0.1) is 0 Å². The smallest absolute Gasteiger partial charge is 0.344 e. The summed E-state index contributed by atoms with van der Waals surface area (Å²) in [6, 6.07) is 17.2. The monoisotopic (exact) mass is 518 g/mol. The van der Waals surface area contributed by atoms with Crippen molar-refractivity contribution in [2.75, 3.05) is 6.61 Å². The van der Waals surface area contributed by atoms with E-state index in [1.54, 1.807) is 19.1 Å². The molecule has 0 N–H and O–H groups in total. The second kappa shape index (κ2) is 10.1. The molecule has 4 aliphatic carbocycles. The van der Waals surface area contributed by atoms with Gasteiger partial charge in [-0.3, -0.25) is 0 Å². The van der Waals surface area contributed by atoms with Gasteiger partial charge in [-0.05, 0) is 101 Å². The molecular formula is C32H38O6. The zero-order valence-corrected chi connectivity index (χ0v) is 22.7. The summed E-state index contributed by atoms with van der Waals surface area (Å²) in [5.41, 5.74) is 0.0985. The lowest BCUT2D eigenvalue weighted by Crippen LogP contribution is -2.64. The van der Waals surface area contributed by atoms with E-state index in [0.717, 1.165) is 43.4 Å². The highest BCUT2D eigenvalue weighted by molar-refractivity contribution is 5.87. The highest BCUT2D eigenvalue weighted by Crippen LogP contribution is 2.66. The van der Waals surface area contributed by atoms with Crippen molar-refractivity contribution in [1.29, 1.82) is 0 Å². The molecule has 0 spiro atoms. The lowest BCUT2D eigenvalue weighted by Gasteiger charge is -2.64. The number of ether oxygens (including phenoxy) is 4. The Morgan fingerprint density at radius 3 is 2.13 bits per heavy atom. The van der Waals surface area contributed by atoms with Gasteiger partial charge in [0.1, 0.15) is 29.3 Å². The Hall–Kier alpha value is -3.28. The zero-order valence-electron chi connectivity index (χ0n) is 22.7. The normalized spacial score (nSPS) is 27.4. The van der Waals surface area contributed by atoms with E-state index in [-0.39, 0.29) is 24.0 Å². The maximum absolute atomic E-state index is 13.0. The molecule has 0 aromatic heterocycles. The van der Waals surface area contributed by atoms with Crippen molar-refractivity contribution < 1.29 is 28.5 Å². The number of hydrogen-bond donors (Lipinski definition) is 0. The van der Waals surface area contributed by atoms with Gasteiger partial charge in [0, 0.05) is 11.0 Å². The number of benzene rings is 2. The van der Waals surface area contributed by atoms with E-state index in [4.69, 9.17) is 18.9 Å². The van der Waals surface area contributed by atoms with Crippen LogP contribution >= 0.6 is 0 Å². The topological polar surface area (TPSA) is 71.1 Å². The average Bonchev–Trinajstić information content (AvgIpc) is 2.86. The molecule has 0 heterocycles. The van der Waals surface area contributed by atoms with Gasteiger partial charge in [-0.1, -0.05) is 36.9 Å². The molecule has 6 nitrogen and oxygen atoms in total. The van der Waals surface area contributed by atoms with Gasteiger partial charge in [-0.2, -0.15) is 0 Å². The van der Waals surface area contributed by atoms with E-state index in [1.165, 1.54) is 0 Å². The summed E-state index contributed by atoms with van der Waals surface area (Å²) >= 11 is 0. The van der Waals surface area contributed by atoms with Crippen molar-refractivity contribution in [3.05, 3.63) is 72.3 Å². The fourth-order valence-electron chi connectivity index (χ4n) is 7.22. The number of hydrogen-bond acceptors (Lipinski definition) is 6. The molecule has 4 aliphatic rings. The molecule has 0 aliphatic heterocycles. The molecule has 2 aromatic rings. The zero-order chi connectivity index (χ0) is 27.0. The summed E-state index contributed by atoms with van der Waals surface area (Å²) in [6.07, 6.45) is 5.59. The fourth-order valence-corrected chi connectivity index (χ4v) is 7.22. The SMILES string of the molecule is C=C(C)C(=O)OC(C)(C)C12CC3CC(CC(OC(=O)COc4ccc(OCc5ccccc5)cc4)(C3)C1)C2. The van der Waals surface area contributed by atoms with Gasteiger partial charge < -0.3 is 18.9 Å². The molecule has 0 saturated heterocycles. The van der Waals surface area contributed by atoms with Crippen molar-refractivity contribution in [3.63, 3.8) is 0 Å². The van der Waals surface area contributed by atoms with Crippen LogP contribution in [0.4, 0.5) is 0 Å². The van der Waals surface area contributed by atoms with E-state index >= 15 is 0 Å². The Bertz CT molecular complexity index is 1170. The van der Waals surface area contributed by atoms with Crippen LogP contribution in [0.5, 0.6) is 11.5 Å². The van der Waals surface area contributed by atoms with Crippen LogP contribution in [0, 0.1) is 17.3 Å². The van der Waals surface area contributed by atoms with Gasteiger partial charge in [0.2, 0.25) is 0 Å². The number of rotatable bonds is 10. The number of carbonyl (C=O) groups excluding carboxylic acids is 2. The van der Waals surface area contributed by atoms with Crippen LogP contribution in [0.15, 0.2) is 66.7 Å². The van der Waals surface area contributed by atoms with Crippen LogP contribution in [0.3, 0.4) is 0 Å². The molecule has 4 fully saturated rings. The summed E-state index contributed by atoms with van der Waals surface area (Å²) in [6.45, 7) is 9.77. The molecule has 0 radical (unpaired) electrons.